The predicted octanol–water partition coefficient (Wildman–Crippen LogP) is 1.92. The summed E-state index contributed by atoms with van der Waals surface area (Å²) in [5.74, 6) is -0.745. The molecule has 0 unspecified atom stereocenters. The summed E-state index contributed by atoms with van der Waals surface area (Å²) in [7, 11) is 0. The number of carboxylic acids is 1. The van der Waals surface area contributed by atoms with Gasteiger partial charge in [0.2, 0.25) is 0 Å². The SMILES string of the molecule is C[C@H]1CO[C@@H](c2ccccc2)CN1CCC(=O)O. The number of hydrogen-bond donors (Lipinski definition) is 1. The minimum absolute atomic E-state index is 0.0520. The van der Waals surface area contributed by atoms with E-state index < -0.39 is 5.97 Å². The van der Waals surface area contributed by atoms with Gasteiger partial charge < -0.3 is 9.84 Å². The number of nitrogens with zero attached hydrogens (tertiary/aromatic N) is 1. The molecule has 1 aliphatic heterocycles. The van der Waals surface area contributed by atoms with Crippen LogP contribution in [-0.2, 0) is 9.53 Å². The van der Waals surface area contributed by atoms with Gasteiger partial charge in [0.15, 0.2) is 0 Å². The van der Waals surface area contributed by atoms with E-state index in [1.54, 1.807) is 0 Å². The Kier molecular flexibility index (Phi) is 4.33. The van der Waals surface area contributed by atoms with Crippen LogP contribution >= 0.6 is 0 Å². The number of benzene rings is 1. The van der Waals surface area contributed by atoms with Gasteiger partial charge in [-0.3, -0.25) is 9.69 Å². The maximum absolute atomic E-state index is 10.6. The van der Waals surface area contributed by atoms with Crippen molar-refractivity contribution in [1.29, 1.82) is 0 Å². The Morgan fingerprint density at radius 3 is 2.83 bits per heavy atom. The van der Waals surface area contributed by atoms with Crippen LogP contribution in [0.5, 0.6) is 0 Å². The van der Waals surface area contributed by atoms with E-state index in [9.17, 15) is 4.79 Å². The van der Waals surface area contributed by atoms with E-state index in [2.05, 4.69) is 24.0 Å². The molecule has 1 heterocycles. The standard InChI is InChI=1S/C14H19NO3/c1-11-10-18-13(12-5-3-2-4-6-12)9-15(11)8-7-14(16)17/h2-6,11,13H,7-10H2,1H3,(H,16,17)/t11-,13+/m0/s1. The molecule has 1 aromatic carbocycles. The van der Waals surface area contributed by atoms with Gasteiger partial charge in [-0.2, -0.15) is 0 Å². The van der Waals surface area contributed by atoms with Gasteiger partial charge in [0.05, 0.1) is 19.1 Å². The van der Waals surface area contributed by atoms with Crippen LogP contribution in [0.15, 0.2) is 30.3 Å². The molecule has 1 saturated heterocycles. The molecule has 0 saturated carbocycles. The summed E-state index contributed by atoms with van der Waals surface area (Å²) in [6.07, 6.45) is 0.238. The van der Waals surface area contributed by atoms with Crippen molar-refractivity contribution >= 4 is 5.97 Å². The summed E-state index contributed by atoms with van der Waals surface area (Å²) in [6, 6.07) is 10.4. The molecule has 18 heavy (non-hydrogen) atoms. The van der Waals surface area contributed by atoms with E-state index in [0.29, 0.717) is 13.2 Å². The first-order valence-electron chi connectivity index (χ1n) is 6.29. The molecule has 1 N–H and O–H groups in total. The van der Waals surface area contributed by atoms with E-state index in [4.69, 9.17) is 9.84 Å². The first-order valence-corrected chi connectivity index (χ1v) is 6.29. The lowest BCUT2D eigenvalue weighted by atomic mass is 10.1. The highest BCUT2D eigenvalue weighted by atomic mass is 16.5. The largest absolute Gasteiger partial charge is 0.481 e. The van der Waals surface area contributed by atoms with E-state index in [0.717, 1.165) is 12.1 Å². The van der Waals surface area contributed by atoms with Crippen LogP contribution in [0.2, 0.25) is 0 Å². The molecular formula is C14H19NO3. The molecule has 1 fully saturated rings. The van der Waals surface area contributed by atoms with Crippen molar-refractivity contribution in [2.45, 2.75) is 25.5 Å². The van der Waals surface area contributed by atoms with E-state index in [-0.39, 0.29) is 18.6 Å². The molecule has 0 radical (unpaired) electrons. The summed E-state index contributed by atoms with van der Waals surface area (Å²) in [4.78, 5) is 12.8. The van der Waals surface area contributed by atoms with Crippen molar-refractivity contribution in [2.75, 3.05) is 19.7 Å². The highest BCUT2D eigenvalue weighted by molar-refractivity contribution is 5.66. The van der Waals surface area contributed by atoms with Gasteiger partial charge in [0.1, 0.15) is 0 Å². The minimum Gasteiger partial charge on any atom is -0.481 e. The normalized spacial score (nSPS) is 24.9. The van der Waals surface area contributed by atoms with Gasteiger partial charge in [0.25, 0.3) is 0 Å². The summed E-state index contributed by atoms with van der Waals surface area (Å²) >= 11 is 0. The second-order valence-electron chi connectivity index (χ2n) is 4.72. The molecule has 2 rings (SSSR count). The molecule has 1 aromatic rings. The third kappa shape index (κ3) is 3.31. The Morgan fingerprint density at radius 2 is 2.17 bits per heavy atom. The van der Waals surface area contributed by atoms with Gasteiger partial charge in [-0.25, -0.2) is 0 Å². The number of carboxylic acid groups (broad SMARTS) is 1. The molecule has 0 spiro atoms. The third-order valence-corrected chi connectivity index (χ3v) is 3.35. The number of morpholine rings is 1. The lowest BCUT2D eigenvalue weighted by molar-refractivity contribution is -0.138. The molecule has 1 aliphatic rings. The lowest BCUT2D eigenvalue weighted by Crippen LogP contribution is -2.45. The zero-order chi connectivity index (χ0) is 13.0. The van der Waals surface area contributed by atoms with Crippen molar-refractivity contribution in [3.05, 3.63) is 35.9 Å². The van der Waals surface area contributed by atoms with Crippen molar-refractivity contribution < 1.29 is 14.6 Å². The fourth-order valence-electron chi connectivity index (χ4n) is 2.23. The predicted molar refractivity (Wildman–Crippen MR) is 68.4 cm³/mol. The van der Waals surface area contributed by atoms with Crippen molar-refractivity contribution in [1.82, 2.24) is 4.90 Å². The molecule has 0 aromatic heterocycles. The molecule has 4 nitrogen and oxygen atoms in total. The second-order valence-corrected chi connectivity index (χ2v) is 4.72. The number of rotatable bonds is 4. The zero-order valence-electron chi connectivity index (χ0n) is 10.6. The number of aliphatic carboxylic acids is 1. The average molecular weight is 249 g/mol. The van der Waals surface area contributed by atoms with Crippen molar-refractivity contribution in [3.8, 4) is 0 Å². The maximum Gasteiger partial charge on any atom is 0.304 e. The van der Waals surface area contributed by atoms with Crippen LogP contribution in [0.3, 0.4) is 0 Å². The molecule has 0 aliphatic carbocycles. The zero-order valence-corrected chi connectivity index (χ0v) is 10.6. The third-order valence-electron chi connectivity index (χ3n) is 3.35. The highest BCUT2D eigenvalue weighted by Gasteiger charge is 2.26. The lowest BCUT2D eigenvalue weighted by Gasteiger charge is -2.38. The molecular weight excluding hydrogens is 230 g/mol. The summed E-state index contributed by atoms with van der Waals surface area (Å²) in [5, 5.41) is 8.76. The van der Waals surface area contributed by atoms with Crippen LogP contribution in [0.1, 0.15) is 25.0 Å². The Balaban J connectivity index is 1.98. The monoisotopic (exact) mass is 249 g/mol. The number of carbonyl (C=O) groups is 1. The fourth-order valence-corrected chi connectivity index (χ4v) is 2.23. The van der Waals surface area contributed by atoms with Crippen LogP contribution in [0.25, 0.3) is 0 Å². The highest BCUT2D eigenvalue weighted by Crippen LogP contribution is 2.24. The van der Waals surface area contributed by atoms with Gasteiger partial charge in [-0.05, 0) is 12.5 Å². The van der Waals surface area contributed by atoms with Crippen LogP contribution in [0.4, 0.5) is 0 Å². The Bertz CT molecular complexity index is 393. The maximum atomic E-state index is 10.6. The second kappa shape index (κ2) is 5.98. The minimum atomic E-state index is -0.745. The summed E-state index contributed by atoms with van der Waals surface area (Å²) in [5.41, 5.74) is 1.16. The van der Waals surface area contributed by atoms with Gasteiger partial charge in [-0.1, -0.05) is 30.3 Å². The molecule has 0 amide bonds. The molecule has 2 atom stereocenters. The quantitative estimate of drug-likeness (QED) is 0.885. The van der Waals surface area contributed by atoms with Crippen LogP contribution in [0, 0.1) is 0 Å². The van der Waals surface area contributed by atoms with Crippen LogP contribution < -0.4 is 0 Å². The van der Waals surface area contributed by atoms with Gasteiger partial charge in [-0.15, -0.1) is 0 Å². The van der Waals surface area contributed by atoms with E-state index in [1.165, 1.54) is 0 Å². The average Bonchev–Trinajstić information content (AvgIpc) is 2.38. The smallest absolute Gasteiger partial charge is 0.304 e. The van der Waals surface area contributed by atoms with Gasteiger partial charge >= 0.3 is 5.97 Å². The molecule has 98 valence electrons. The molecule has 0 bridgehead atoms. The topological polar surface area (TPSA) is 49.8 Å². The first-order chi connectivity index (χ1) is 8.66. The number of hydrogen-bond acceptors (Lipinski definition) is 3. The van der Waals surface area contributed by atoms with Crippen LogP contribution in [-0.4, -0.2) is 41.7 Å². The Labute approximate surface area is 107 Å². The van der Waals surface area contributed by atoms with Crippen molar-refractivity contribution in [2.24, 2.45) is 0 Å². The van der Waals surface area contributed by atoms with E-state index in [1.807, 2.05) is 18.2 Å². The molecule has 4 heteroatoms. The Morgan fingerprint density at radius 1 is 1.44 bits per heavy atom. The summed E-state index contributed by atoms with van der Waals surface area (Å²) in [6.45, 7) is 4.07. The van der Waals surface area contributed by atoms with E-state index >= 15 is 0 Å². The first kappa shape index (κ1) is 13.1. The Hall–Kier alpha value is -1.39. The number of ether oxygens (including phenoxy) is 1. The fraction of sp³-hybridized carbons (Fsp3) is 0.500. The van der Waals surface area contributed by atoms with Gasteiger partial charge in [0, 0.05) is 19.1 Å². The van der Waals surface area contributed by atoms with Crippen molar-refractivity contribution in [3.63, 3.8) is 0 Å². The summed E-state index contributed by atoms with van der Waals surface area (Å²) < 4.78 is 5.82.